The summed E-state index contributed by atoms with van der Waals surface area (Å²) in [6, 6.07) is 3.70. The van der Waals surface area contributed by atoms with Crippen molar-refractivity contribution in [1.82, 2.24) is 9.97 Å². The van der Waals surface area contributed by atoms with Gasteiger partial charge in [-0.25, -0.2) is 4.79 Å². The lowest BCUT2D eigenvalue weighted by molar-refractivity contribution is -0.137. The second-order valence-corrected chi connectivity index (χ2v) is 5.57. The predicted octanol–water partition coefficient (Wildman–Crippen LogP) is 1.15. The fourth-order valence-electron chi connectivity index (χ4n) is 2.60. The molecule has 8 nitrogen and oxygen atoms in total. The Morgan fingerprint density at radius 2 is 1.73 bits per heavy atom. The summed E-state index contributed by atoms with van der Waals surface area (Å²) in [4.78, 5) is 51.6. The summed E-state index contributed by atoms with van der Waals surface area (Å²) in [6.07, 6.45) is -4.86. The highest BCUT2D eigenvalue weighted by Crippen LogP contribution is 2.31. The number of nitrogens with one attached hydrogen (secondary N) is 4. The van der Waals surface area contributed by atoms with E-state index in [0.717, 1.165) is 24.3 Å². The summed E-state index contributed by atoms with van der Waals surface area (Å²) >= 11 is 0. The molecule has 136 valence electrons. The van der Waals surface area contributed by atoms with E-state index in [1.165, 1.54) is 0 Å². The third-order valence-corrected chi connectivity index (χ3v) is 3.78. The summed E-state index contributed by atoms with van der Waals surface area (Å²) in [5, 5.41) is 4.66. The average molecular weight is 368 g/mol. The molecule has 3 rings (SSSR count). The lowest BCUT2D eigenvalue weighted by Gasteiger charge is -2.23. The molecule has 1 aliphatic rings. The molecule has 0 saturated heterocycles. The standard InChI is InChI=1S/C15H11F3N4O4/c16-15(17,18)6-1-3-7(4-2-6)19-12(24)8-5-9(23)20-11-10(8)13(25)22-14(26)21-11/h1-4,8H,5H2,(H,19,24)(H3,20,21,22,23,25,26)/t8-/m0/s1. The van der Waals surface area contributed by atoms with Crippen molar-refractivity contribution in [2.24, 2.45) is 0 Å². The van der Waals surface area contributed by atoms with Crippen molar-refractivity contribution >= 4 is 23.3 Å². The van der Waals surface area contributed by atoms with Gasteiger partial charge in [0.25, 0.3) is 5.56 Å². The number of fused-ring (bicyclic) bond motifs is 1. The normalized spacial score (nSPS) is 16.6. The Kier molecular flexibility index (Phi) is 4.14. The number of H-pyrrole nitrogens is 2. The van der Waals surface area contributed by atoms with Crippen LogP contribution in [0.3, 0.4) is 0 Å². The summed E-state index contributed by atoms with van der Waals surface area (Å²) in [7, 11) is 0. The predicted molar refractivity (Wildman–Crippen MR) is 83.7 cm³/mol. The fourth-order valence-corrected chi connectivity index (χ4v) is 2.60. The number of hydrogen-bond acceptors (Lipinski definition) is 4. The molecule has 0 spiro atoms. The highest BCUT2D eigenvalue weighted by molar-refractivity contribution is 6.04. The van der Waals surface area contributed by atoms with Gasteiger partial charge in [0.1, 0.15) is 5.82 Å². The first-order valence-corrected chi connectivity index (χ1v) is 7.29. The van der Waals surface area contributed by atoms with E-state index >= 15 is 0 Å². The Morgan fingerprint density at radius 3 is 2.35 bits per heavy atom. The smallest absolute Gasteiger partial charge is 0.326 e. The van der Waals surface area contributed by atoms with Gasteiger partial charge >= 0.3 is 11.9 Å². The molecule has 11 heteroatoms. The maximum atomic E-state index is 12.6. The van der Waals surface area contributed by atoms with Crippen molar-refractivity contribution in [3.05, 3.63) is 56.2 Å². The monoisotopic (exact) mass is 368 g/mol. The van der Waals surface area contributed by atoms with Crippen LogP contribution in [0.4, 0.5) is 24.7 Å². The van der Waals surface area contributed by atoms with Crippen molar-refractivity contribution in [3.63, 3.8) is 0 Å². The third-order valence-electron chi connectivity index (χ3n) is 3.78. The van der Waals surface area contributed by atoms with Gasteiger partial charge in [0.15, 0.2) is 0 Å². The summed E-state index contributed by atoms with van der Waals surface area (Å²) in [5.74, 6) is -2.74. The Balaban J connectivity index is 1.88. The molecule has 2 heterocycles. The van der Waals surface area contributed by atoms with Gasteiger partial charge in [0.2, 0.25) is 11.8 Å². The highest BCUT2D eigenvalue weighted by atomic mass is 19.4. The number of halogens is 3. The molecule has 0 bridgehead atoms. The van der Waals surface area contributed by atoms with Gasteiger partial charge in [-0.05, 0) is 24.3 Å². The minimum atomic E-state index is -4.51. The molecule has 1 aliphatic heterocycles. The van der Waals surface area contributed by atoms with E-state index in [4.69, 9.17) is 0 Å². The quantitative estimate of drug-likeness (QED) is 0.635. The van der Waals surface area contributed by atoms with E-state index in [2.05, 4.69) is 15.6 Å². The fraction of sp³-hybridized carbons (Fsp3) is 0.200. The summed E-state index contributed by atoms with van der Waals surface area (Å²) < 4.78 is 37.7. The maximum Gasteiger partial charge on any atom is 0.416 e. The van der Waals surface area contributed by atoms with Crippen molar-refractivity contribution in [2.45, 2.75) is 18.5 Å². The van der Waals surface area contributed by atoms with Crippen LogP contribution in [0.1, 0.15) is 23.5 Å². The van der Waals surface area contributed by atoms with Crippen molar-refractivity contribution in [1.29, 1.82) is 0 Å². The molecule has 0 saturated carbocycles. The van der Waals surface area contributed by atoms with E-state index < -0.39 is 40.7 Å². The SMILES string of the molecule is O=C1C[C@H](C(=O)Nc2ccc(C(F)(F)F)cc2)c2c([nH]c(=O)[nH]c2=O)N1. The van der Waals surface area contributed by atoms with Gasteiger partial charge in [-0.2, -0.15) is 13.2 Å². The minimum Gasteiger partial charge on any atom is -0.326 e. The zero-order valence-electron chi connectivity index (χ0n) is 12.9. The zero-order valence-corrected chi connectivity index (χ0v) is 12.9. The molecule has 2 amide bonds. The number of alkyl halides is 3. The molecule has 1 aromatic heterocycles. The number of hydrogen-bond donors (Lipinski definition) is 4. The molecule has 4 N–H and O–H groups in total. The van der Waals surface area contributed by atoms with Crippen LogP contribution in [-0.2, 0) is 15.8 Å². The second-order valence-electron chi connectivity index (χ2n) is 5.57. The topological polar surface area (TPSA) is 124 Å². The first kappa shape index (κ1) is 17.5. The molecule has 0 fully saturated rings. The van der Waals surface area contributed by atoms with E-state index in [1.54, 1.807) is 0 Å². The third kappa shape index (κ3) is 3.36. The average Bonchev–Trinajstić information content (AvgIpc) is 2.53. The lowest BCUT2D eigenvalue weighted by atomic mass is 9.92. The minimum absolute atomic E-state index is 0.0661. The zero-order chi connectivity index (χ0) is 19.1. The van der Waals surface area contributed by atoms with Crippen LogP contribution in [0.2, 0.25) is 0 Å². The number of carbonyl (C=O) groups is 2. The Hall–Kier alpha value is -3.37. The Bertz CT molecular complexity index is 992. The lowest BCUT2D eigenvalue weighted by Crippen LogP contribution is -2.39. The van der Waals surface area contributed by atoms with Crippen LogP contribution in [0.25, 0.3) is 0 Å². The van der Waals surface area contributed by atoms with E-state index in [-0.39, 0.29) is 23.5 Å². The summed E-state index contributed by atoms with van der Waals surface area (Å²) in [5.41, 5.74) is -2.63. The first-order valence-electron chi connectivity index (χ1n) is 7.29. The molecule has 2 aromatic rings. The van der Waals surface area contributed by atoms with Gasteiger partial charge in [0.05, 0.1) is 17.0 Å². The van der Waals surface area contributed by atoms with Crippen LogP contribution < -0.4 is 21.9 Å². The molecule has 1 aromatic carbocycles. The molecule has 26 heavy (non-hydrogen) atoms. The van der Waals surface area contributed by atoms with Crippen LogP contribution in [0.5, 0.6) is 0 Å². The van der Waals surface area contributed by atoms with Crippen LogP contribution >= 0.6 is 0 Å². The molecular formula is C15H11F3N4O4. The molecule has 1 atom stereocenters. The number of amides is 2. The van der Waals surface area contributed by atoms with Gasteiger partial charge < -0.3 is 10.6 Å². The number of aromatic nitrogens is 2. The first-order chi connectivity index (χ1) is 12.1. The van der Waals surface area contributed by atoms with Crippen molar-refractivity contribution in [2.75, 3.05) is 10.6 Å². The van der Waals surface area contributed by atoms with E-state index in [1.807, 2.05) is 4.98 Å². The number of anilines is 2. The number of aromatic amines is 2. The molecule has 0 radical (unpaired) electrons. The largest absolute Gasteiger partial charge is 0.416 e. The maximum absolute atomic E-state index is 12.6. The van der Waals surface area contributed by atoms with E-state index in [9.17, 15) is 32.3 Å². The van der Waals surface area contributed by atoms with Crippen molar-refractivity contribution in [3.8, 4) is 0 Å². The number of benzene rings is 1. The molecule has 0 unspecified atom stereocenters. The number of carbonyl (C=O) groups excluding carboxylic acids is 2. The van der Waals surface area contributed by atoms with E-state index in [0.29, 0.717) is 0 Å². The van der Waals surface area contributed by atoms with Crippen LogP contribution in [-0.4, -0.2) is 21.8 Å². The summed E-state index contributed by atoms with van der Waals surface area (Å²) in [6.45, 7) is 0. The highest BCUT2D eigenvalue weighted by Gasteiger charge is 2.34. The second kappa shape index (κ2) is 6.17. The van der Waals surface area contributed by atoms with Crippen molar-refractivity contribution < 1.29 is 22.8 Å². The van der Waals surface area contributed by atoms with Gasteiger partial charge in [-0.15, -0.1) is 0 Å². The Labute approximate surface area is 142 Å². The molecular weight excluding hydrogens is 357 g/mol. The molecule has 0 aliphatic carbocycles. The van der Waals surface area contributed by atoms with Gasteiger partial charge in [-0.1, -0.05) is 0 Å². The number of rotatable bonds is 2. The van der Waals surface area contributed by atoms with Gasteiger partial charge in [0, 0.05) is 12.1 Å². The van der Waals surface area contributed by atoms with Crippen LogP contribution in [0.15, 0.2) is 33.9 Å². The Morgan fingerprint density at radius 1 is 1.08 bits per heavy atom. The van der Waals surface area contributed by atoms with Crippen LogP contribution in [0, 0.1) is 0 Å². The van der Waals surface area contributed by atoms with Gasteiger partial charge in [-0.3, -0.25) is 24.4 Å².